The number of aryl methyl sites for hydroxylation is 1. The standard InChI is InChI=1S/C18H22N2O5S2/c1-15-5-7-16(8-6-15)14-19-26(21,22)17-3-2-4-18(13-17)27(23,24)20-9-11-25-12-10-20/h2-8,13,19H,9-12,14H2,1H3. The van der Waals surface area contributed by atoms with Gasteiger partial charge in [0.05, 0.1) is 23.0 Å². The number of rotatable bonds is 6. The van der Waals surface area contributed by atoms with Gasteiger partial charge in [-0.3, -0.25) is 0 Å². The molecule has 9 heteroatoms. The molecule has 0 aliphatic carbocycles. The monoisotopic (exact) mass is 410 g/mol. The lowest BCUT2D eigenvalue weighted by Crippen LogP contribution is -2.40. The van der Waals surface area contributed by atoms with Gasteiger partial charge in [0, 0.05) is 19.6 Å². The zero-order chi connectivity index (χ0) is 19.5. The highest BCUT2D eigenvalue weighted by Gasteiger charge is 2.27. The minimum Gasteiger partial charge on any atom is -0.379 e. The van der Waals surface area contributed by atoms with Crippen LogP contribution in [-0.4, -0.2) is 47.4 Å². The van der Waals surface area contributed by atoms with Crippen LogP contribution in [0.25, 0.3) is 0 Å². The fourth-order valence-corrected chi connectivity index (χ4v) is 5.30. The van der Waals surface area contributed by atoms with E-state index in [4.69, 9.17) is 4.74 Å². The molecule has 0 spiro atoms. The van der Waals surface area contributed by atoms with Crippen molar-refractivity contribution in [3.05, 3.63) is 59.7 Å². The van der Waals surface area contributed by atoms with E-state index in [2.05, 4.69) is 4.72 Å². The molecule has 7 nitrogen and oxygen atoms in total. The van der Waals surface area contributed by atoms with Crippen LogP contribution in [0.3, 0.4) is 0 Å². The van der Waals surface area contributed by atoms with Gasteiger partial charge in [-0.2, -0.15) is 4.31 Å². The number of hydrogen-bond donors (Lipinski definition) is 1. The highest BCUT2D eigenvalue weighted by molar-refractivity contribution is 7.90. The molecule has 0 radical (unpaired) electrons. The molecule has 0 saturated carbocycles. The molecular formula is C18H22N2O5S2. The van der Waals surface area contributed by atoms with Gasteiger partial charge in [-0.05, 0) is 30.7 Å². The van der Waals surface area contributed by atoms with Crippen molar-refractivity contribution in [1.29, 1.82) is 0 Å². The van der Waals surface area contributed by atoms with E-state index in [1.807, 2.05) is 31.2 Å². The SMILES string of the molecule is Cc1ccc(CNS(=O)(=O)c2cccc(S(=O)(=O)N3CCOCC3)c2)cc1. The first-order valence-electron chi connectivity index (χ1n) is 8.52. The first-order valence-corrected chi connectivity index (χ1v) is 11.4. The molecule has 0 aromatic heterocycles. The Morgan fingerprint density at radius 1 is 0.963 bits per heavy atom. The number of nitrogens with one attached hydrogen (secondary N) is 1. The maximum Gasteiger partial charge on any atom is 0.243 e. The second-order valence-electron chi connectivity index (χ2n) is 6.30. The van der Waals surface area contributed by atoms with Crippen molar-refractivity contribution in [2.24, 2.45) is 0 Å². The first-order chi connectivity index (χ1) is 12.8. The molecule has 1 N–H and O–H groups in total. The maximum atomic E-state index is 12.7. The summed E-state index contributed by atoms with van der Waals surface area (Å²) in [6.45, 7) is 3.25. The number of ether oxygens (including phenoxy) is 1. The molecule has 1 aliphatic rings. The molecule has 1 heterocycles. The van der Waals surface area contributed by atoms with Crippen molar-refractivity contribution in [3.8, 4) is 0 Å². The third-order valence-corrected chi connectivity index (χ3v) is 7.60. The van der Waals surface area contributed by atoms with E-state index in [1.54, 1.807) is 0 Å². The third kappa shape index (κ3) is 4.74. The highest BCUT2D eigenvalue weighted by atomic mass is 32.2. The van der Waals surface area contributed by atoms with E-state index < -0.39 is 20.0 Å². The molecule has 2 aromatic carbocycles. The van der Waals surface area contributed by atoms with E-state index in [-0.39, 0.29) is 29.4 Å². The Bertz CT molecular complexity index is 996. The van der Waals surface area contributed by atoms with E-state index >= 15 is 0 Å². The van der Waals surface area contributed by atoms with Crippen molar-refractivity contribution in [1.82, 2.24) is 9.03 Å². The average molecular weight is 411 g/mol. The number of morpholine rings is 1. The predicted octanol–water partition coefficient (Wildman–Crippen LogP) is 1.49. The maximum absolute atomic E-state index is 12.7. The van der Waals surface area contributed by atoms with Crippen molar-refractivity contribution < 1.29 is 21.6 Å². The smallest absolute Gasteiger partial charge is 0.243 e. The van der Waals surface area contributed by atoms with Crippen LogP contribution in [0, 0.1) is 6.92 Å². The summed E-state index contributed by atoms with van der Waals surface area (Å²) in [6.07, 6.45) is 0. The minimum atomic E-state index is -3.84. The van der Waals surface area contributed by atoms with Crippen LogP contribution in [0.15, 0.2) is 58.3 Å². The van der Waals surface area contributed by atoms with Crippen molar-refractivity contribution in [3.63, 3.8) is 0 Å². The molecule has 0 amide bonds. The zero-order valence-corrected chi connectivity index (χ0v) is 16.6. The lowest BCUT2D eigenvalue weighted by molar-refractivity contribution is 0.0730. The summed E-state index contributed by atoms with van der Waals surface area (Å²) in [5, 5.41) is 0. The quantitative estimate of drug-likeness (QED) is 0.779. The summed E-state index contributed by atoms with van der Waals surface area (Å²) in [4.78, 5) is -0.119. The van der Waals surface area contributed by atoms with Crippen LogP contribution >= 0.6 is 0 Å². The van der Waals surface area contributed by atoms with Crippen molar-refractivity contribution in [2.45, 2.75) is 23.3 Å². The summed E-state index contributed by atoms with van der Waals surface area (Å²) >= 11 is 0. The van der Waals surface area contributed by atoms with Crippen molar-refractivity contribution >= 4 is 20.0 Å². The first kappa shape index (κ1) is 20.0. The van der Waals surface area contributed by atoms with Gasteiger partial charge in [-0.1, -0.05) is 35.9 Å². The lowest BCUT2D eigenvalue weighted by Gasteiger charge is -2.26. The Morgan fingerprint density at radius 2 is 1.59 bits per heavy atom. The second kappa shape index (κ2) is 8.07. The Morgan fingerprint density at radius 3 is 2.26 bits per heavy atom. The Kier molecular flexibility index (Phi) is 5.97. The highest BCUT2D eigenvalue weighted by Crippen LogP contribution is 2.20. The van der Waals surface area contributed by atoms with Gasteiger partial charge in [-0.25, -0.2) is 21.6 Å². The van der Waals surface area contributed by atoms with Crippen LogP contribution in [0.1, 0.15) is 11.1 Å². The van der Waals surface area contributed by atoms with Gasteiger partial charge in [0.15, 0.2) is 0 Å². The topological polar surface area (TPSA) is 92.8 Å². The Labute approximate surface area is 160 Å². The largest absolute Gasteiger partial charge is 0.379 e. The summed E-state index contributed by atoms with van der Waals surface area (Å²) < 4.78 is 59.6. The van der Waals surface area contributed by atoms with Gasteiger partial charge in [0.1, 0.15) is 0 Å². The van der Waals surface area contributed by atoms with E-state index in [1.165, 1.54) is 28.6 Å². The van der Waals surface area contributed by atoms with Gasteiger partial charge in [0.25, 0.3) is 0 Å². The normalized spacial score (nSPS) is 16.3. The molecule has 1 saturated heterocycles. The van der Waals surface area contributed by atoms with Gasteiger partial charge >= 0.3 is 0 Å². The van der Waals surface area contributed by atoms with Gasteiger partial charge in [-0.15, -0.1) is 0 Å². The third-order valence-electron chi connectivity index (χ3n) is 4.31. The van der Waals surface area contributed by atoms with Crippen LogP contribution in [0.5, 0.6) is 0 Å². The molecule has 1 aliphatic heterocycles. The number of benzene rings is 2. The minimum absolute atomic E-state index is 0.0392. The summed E-state index contributed by atoms with van der Waals surface area (Å²) in [6, 6.07) is 12.9. The van der Waals surface area contributed by atoms with Gasteiger partial charge in [0.2, 0.25) is 20.0 Å². The number of sulfonamides is 2. The summed E-state index contributed by atoms with van der Waals surface area (Å²) in [7, 11) is -7.60. The van der Waals surface area contributed by atoms with E-state index in [0.717, 1.165) is 11.1 Å². The molecule has 146 valence electrons. The van der Waals surface area contributed by atoms with Crippen LogP contribution in [-0.2, 0) is 31.3 Å². The van der Waals surface area contributed by atoms with Crippen LogP contribution in [0.2, 0.25) is 0 Å². The Balaban J connectivity index is 1.80. The average Bonchev–Trinajstić information content (AvgIpc) is 2.68. The Hall–Kier alpha value is -1.78. The fourth-order valence-electron chi connectivity index (χ4n) is 2.71. The molecule has 3 rings (SSSR count). The summed E-state index contributed by atoms with van der Waals surface area (Å²) in [5.41, 5.74) is 1.91. The molecular weight excluding hydrogens is 388 g/mol. The molecule has 27 heavy (non-hydrogen) atoms. The summed E-state index contributed by atoms with van der Waals surface area (Å²) in [5.74, 6) is 0. The number of hydrogen-bond acceptors (Lipinski definition) is 5. The number of nitrogens with zero attached hydrogens (tertiary/aromatic N) is 1. The lowest BCUT2D eigenvalue weighted by atomic mass is 10.2. The zero-order valence-electron chi connectivity index (χ0n) is 15.0. The second-order valence-corrected chi connectivity index (χ2v) is 10.0. The van der Waals surface area contributed by atoms with E-state index in [0.29, 0.717) is 13.2 Å². The van der Waals surface area contributed by atoms with E-state index in [9.17, 15) is 16.8 Å². The van der Waals surface area contributed by atoms with Crippen LogP contribution < -0.4 is 4.72 Å². The van der Waals surface area contributed by atoms with Gasteiger partial charge < -0.3 is 4.74 Å². The molecule has 1 fully saturated rings. The van der Waals surface area contributed by atoms with Crippen molar-refractivity contribution in [2.75, 3.05) is 26.3 Å². The molecule has 0 unspecified atom stereocenters. The molecule has 0 atom stereocenters. The molecule has 0 bridgehead atoms. The fraction of sp³-hybridized carbons (Fsp3) is 0.333. The van der Waals surface area contributed by atoms with Crippen LogP contribution in [0.4, 0.5) is 0 Å². The molecule has 2 aromatic rings. The predicted molar refractivity (Wildman–Crippen MR) is 101 cm³/mol.